The molecule has 1 fully saturated rings. The topological polar surface area (TPSA) is 77.4 Å². The Labute approximate surface area is 124 Å². The van der Waals surface area contributed by atoms with Crippen LogP contribution in [-0.2, 0) is 9.53 Å². The van der Waals surface area contributed by atoms with Gasteiger partial charge in [-0.2, -0.15) is 0 Å². The largest absolute Gasteiger partial charge is 0.465 e. The van der Waals surface area contributed by atoms with Gasteiger partial charge in [0.15, 0.2) is 0 Å². The van der Waals surface area contributed by atoms with E-state index in [-0.39, 0.29) is 21.5 Å². The van der Waals surface area contributed by atoms with Crippen molar-refractivity contribution < 1.29 is 14.3 Å². The van der Waals surface area contributed by atoms with Gasteiger partial charge in [-0.05, 0) is 41.3 Å². The van der Waals surface area contributed by atoms with Crippen molar-refractivity contribution >= 4 is 27.8 Å². The number of pyridine rings is 1. The second kappa shape index (κ2) is 6.21. The molecule has 1 saturated heterocycles. The van der Waals surface area contributed by atoms with E-state index in [1.54, 1.807) is 0 Å². The molecular weight excluding hydrogens is 328 g/mol. The molecule has 1 aromatic rings. The van der Waals surface area contributed by atoms with Crippen LogP contribution in [-0.4, -0.2) is 30.1 Å². The Kier molecular flexibility index (Phi) is 4.59. The van der Waals surface area contributed by atoms with Gasteiger partial charge in [0.2, 0.25) is 5.91 Å². The fraction of sp³-hybridized carbons (Fsp3) is 0.462. The van der Waals surface area contributed by atoms with Gasteiger partial charge < -0.3 is 14.6 Å². The lowest BCUT2D eigenvalue weighted by Gasteiger charge is -2.17. The maximum absolute atomic E-state index is 12.2. The van der Waals surface area contributed by atoms with Crippen LogP contribution >= 0.6 is 15.9 Å². The maximum atomic E-state index is 12.2. The Morgan fingerprint density at radius 3 is 2.90 bits per heavy atom. The van der Waals surface area contributed by atoms with Crippen molar-refractivity contribution in [1.29, 1.82) is 0 Å². The summed E-state index contributed by atoms with van der Waals surface area (Å²) in [5.41, 5.74) is -0.101. The first-order valence-corrected chi connectivity index (χ1v) is 7.11. The zero-order valence-electron chi connectivity index (χ0n) is 11.0. The van der Waals surface area contributed by atoms with Gasteiger partial charge in [0.1, 0.15) is 6.04 Å². The molecule has 20 heavy (non-hydrogen) atoms. The molecule has 1 aromatic heterocycles. The van der Waals surface area contributed by atoms with Crippen LogP contribution in [0.15, 0.2) is 21.5 Å². The van der Waals surface area contributed by atoms with Crippen molar-refractivity contribution in [3.63, 3.8) is 0 Å². The summed E-state index contributed by atoms with van der Waals surface area (Å²) in [5.74, 6) is -0.744. The van der Waals surface area contributed by atoms with E-state index >= 15 is 0 Å². The second-order valence-corrected chi connectivity index (χ2v) is 5.44. The number of esters is 1. The van der Waals surface area contributed by atoms with Crippen molar-refractivity contribution in [2.45, 2.75) is 25.3 Å². The maximum Gasteiger partial charge on any atom is 0.339 e. The Balaban J connectivity index is 2.48. The molecule has 0 bridgehead atoms. The van der Waals surface area contributed by atoms with E-state index in [2.05, 4.69) is 26.0 Å². The van der Waals surface area contributed by atoms with Gasteiger partial charge in [-0.3, -0.25) is 9.59 Å². The number of hydrogen-bond donors (Lipinski definition) is 1. The molecule has 0 spiro atoms. The van der Waals surface area contributed by atoms with E-state index in [0.29, 0.717) is 13.0 Å². The van der Waals surface area contributed by atoms with Gasteiger partial charge in [-0.25, -0.2) is 4.79 Å². The molecule has 0 radical (unpaired) electrons. The van der Waals surface area contributed by atoms with Crippen LogP contribution in [0.4, 0.5) is 0 Å². The summed E-state index contributed by atoms with van der Waals surface area (Å²) in [5, 5.41) is 2.77. The lowest BCUT2D eigenvalue weighted by Crippen LogP contribution is -2.36. The summed E-state index contributed by atoms with van der Waals surface area (Å²) in [7, 11) is 1.27. The standard InChI is InChI=1S/C13H15BrN2O4/c1-20-13(19)8-6-9(14)12(18)16(7-8)10-4-2-3-5-15-11(10)17/h6-7,10H,2-5H2,1H3,(H,15,17)/t10-/m1/s1. The predicted octanol–water partition coefficient (Wildman–Crippen LogP) is 1.24. The molecule has 2 heterocycles. The molecule has 6 nitrogen and oxygen atoms in total. The number of nitrogens with one attached hydrogen (secondary N) is 1. The van der Waals surface area contributed by atoms with E-state index in [9.17, 15) is 14.4 Å². The van der Waals surface area contributed by atoms with Crippen molar-refractivity contribution in [2.75, 3.05) is 13.7 Å². The van der Waals surface area contributed by atoms with Crippen LogP contribution in [0.5, 0.6) is 0 Å². The van der Waals surface area contributed by atoms with Crippen LogP contribution in [0.1, 0.15) is 35.7 Å². The quantitative estimate of drug-likeness (QED) is 0.820. The lowest BCUT2D eigenvalue weighted by molar-refractivity contribution is -0.124. The number of hydrogen-bond acceptors (Lipinski definition) is 4. The normalized spacial score (nSPS) is 19.1. The van der Waals surface area contributed by atoms with Gasteiger partial charge in [0.25, 0.3) is 5.56 Å². The molecular formula is C13H15BrN2O4. The Hall–Kier alpha value is -1.63. The van der Waals surface area contributed by atoms with E-state index < -0.39 is 12.0 Å². The van der Waals surface area contributed by atoms with Crippen molar-refractivity contribution in [1.82, 2.24) is 9.88 Å². The minimum atomic E-state index is -0.592. The molecule has 0 aromatic carbocycles. The predicted molar refractivity (Wildman–Crippen MR) is 75.6 cm³/mol. The number of methoxy groups -OCH3 is 1. The molecule has 108 valence electrons. The highest BCUT2D eigenvalue weighted by molar-refractivity contribution is 9.10. The summed E-state index contributed by atoms with van der Waals surface area (Å²) in [6, 6.07) is 0.810. The van der Waals surface area contributed by atoms with Gasteiger partial charge in [0, 0.05) is 12.7 Å². The first-order chi connectivity index (χ1) is 9.54. The smallest absolute Gasteiger partial charge is 0.339 e. The second-order valence-electron chi connectivity index (χ2n) is 4.58. The average Bonchev–Trinajstić information content (AvgIpc) is 2.65. The van der Waals surface area contributed by atoms with E-state index in [4.69, 9.17) is 0 Å². The number of rotatable bonds is 2. The van der Waals surface area contributed by atoms with Gasteiger partial charge >= 0.3 is 5.97 Å². The zero-order valence-corrected chi connectivity index (χ0v) is 12.6. The summed E-state index contributed by atoms with van der Waals surface area (Å²) in [6.45, 7) is 0.613. The average molecular weight is 343 g/mol. The first kappa shape index (κ1) is 14.8. The Morgan fingerprint density at radius 2 is 2.20 bits per heavy atom. The SMILES string of the molecule is COC(=O)c1cc(Br)c(=O)n([C@@H]2CCCCNC2=O)c1. The number of carbonyl (C=O) groups excluding carboxylic acids is 2. The molecule has 2 rings (SSSR count). The Morgan fingerprint density at radius 1 is 1.45 bits per heavy atom. The fourth-order valence-electron chi connectivity index (χ4n) is 2.22. The summed E-state index contributed by atoms with van der Waals surface area (Å²) in [4.78, 5) is 35.8. The highest BCUT2D eigenvalue weighted by Gasteiger charge is 2.25. The van der Waals surface area contributed by atoms with Gasteiger partial charge in [-0.15, -0.1) is 0 Å². The van der Waals surface area contributed by atoms with Crippen LogP contribution in [0.2, 0.25) is 0 Å². The monoisotopic (exact) mass is 342 g/mol. The molecule has 1 aliphatic heterocycles. The molecule has 7 heteroatoms. The van der Waals surface area contributed by atoms with Crippen LogP contribution in [0.25, 0.3) is 0 Å². The molecule has 1 amide bonds. The minimum absolute atomic E-state index is 0.196. The van der Waals surface area contributed by atoms with Crippen LogP contribution in [0.3, 0.4) is 0 Å². The van der Waals surface area contributed by atoms with Crippen molar-refractivity contribution in [3.05, 3.63) is 32.7 Å². The van der Waals surface area contributed by atoms with E-state index in [0.717, 1.165) is 12.8 Å². The first-order valence-electron chi connectivity index (χ1n) is 6.32. The molecule has 0 unspecified atom stereocenters. The molecule has 0 saturated carbocycles. The van der Waals surface area contributed by atoms with Crippen molar-refractivity contribution in [3.8, 4) is 0 Å². The summed E-state index contributed by atoms with van der Waals surface area (Å²) >= 11 is 3.13. The molecule has 0 aliphatic carbocycles. The zero-order chi connectivity index (χ0) is 14.7. The third kappa shape index (κ3) is 2.92. The highest BCUT2D eigenvalue weighted by atomic mass is 79.9. The fourth-order valence-corrected chi connectivity index (χ4v) is 2.67. The van der Waals surface area contributed by atoms with Crippen LogP contribution in [0, 0.1) is 0 Å². The lowest BCUT2D eigenvalue weighted by atomic mass is 10.1. The summed E-state index contributed by atoms with van der Waals surface area (Å²) < 4.78 is 6.19. The van der Waals surface area contributed by atoms with Gasteiger partial charge in [-0.1, -0.05) is 0 Å². The third-order valence-corrected chi connectivity index (χ3v) is 3.83. The highest BCUT2D eigenvalue weighted by Crippen LogP contribution is 2.19. The van der Waals surface area contributed by atoms with Gasteiger partial charge in [0.05, 0.1) is 17.1 Å². The third-order valence-electron chi connectivity index (χ3n) is 3.26. The molecule has 1 aliphatic rings. The number of halogens is 1. The number of carbonyl (C=O) groups is 2. The van der Waals surface area contributed by atoms with E-state index in [1.165, 1.54) is 23.9 Å². The number of aromatic nitrogens is 1. The van der Waals surface area contributed by atoms with E-state index in [1.807, 2.05) is 0 Å². The molecule has 1 atom stereocenters. The summed E-state index contributed by atoms with van der Waals surface area (Å²) in [6.07, 6.45) is 3.68. The molecule has 1 N–H and O–H groups in total. The number of ether oxygens (including phenoxy) is 1. The Bertz CT molecular complexity index is 597. The number of amides is 1. The number of nitrogens with zero attached hydrogens (tertiary/aromatic N) is 1. The van der Waals surface area contributed by atoms with Crippen LogP contribution < -0.4 is 10.9 Å². The minimum Gasteiger partial charge on any atom is -0.465 e. The van der Waals surface area contributed by atoms with Crippen molar-refractivity contribution in [2.24, 2.45) is 0 Å².